The summed E-state index contributed by atoms with van der Waals surface area (Å²) in [6.07, 6.45) is 1.44. The Balaban J connectivity index is 2.74. The zero-order valence-electron chi connectivity index (χ0n) is 5.83. The number of hydrogen-bond acceptors (Lipinski definition) is 3. The van der Waals surface area contributed by atoms with E-state index in [0.29, 0.717) is 5.82 Å². The molecule has 0 radical (unpaired) electrons. The van der Waals surface area contributed by atoms with Crippen LogP contribution in [0.5, 0.6) is 0 Å². The highest BCUT2D eigenvalue weighted by atomic mass is 16.2. The molecule has 0 atom stereocenters. The molecule has 0 saturated heterocycles. The monoisotopic (exact) mass is 140 g/mol. The Morgan fingerprint density at radius 3 is 2.90 bits per heavy atom. The maximum Gasteiger partial charge on any atom is 0.235 e. The van der Waals surface area contributed by atoms with Crippen LogP contribution < -0.4 is 5.43 Å². The van der Waals surface area contributed by atoms with Crippen molar-refractivity contribution in [3.05, 3.63) is 12.2 Å². The van der Waals surface area contributed by atoms with Crippen molar-refractivity contribution >= 4 is 5.91 Å². The molecule has 1 aromatic heterocycles. The summed E-state index contributed by atoms with van der Waals surface area (Å²) < 4.78 is 1.46. The molecular weight excluding hydrogens is 132 g/mol. The molecule has 1 amide bonds. The van der Waals surface area contributed by atoms with Crippen LogP contribution in [-0.2, 0) is 4.79 Å². The molecule has 1 N–H and O–H groups in total. The second kappa shape index (κ2) is 2.47. The molecule has 5 heteroatoms. The van der Waals surface area contributed by atoms with E-state index < -0.39 is 0 Å². The molecule has 0 aliphatic heterocycles. The van der Waals surface area contributed by atoms with E-state index in [1.165, 1.54) is 17.9 Å². The Bertz CT molecular complexity index is 242. The maximum atomic E-state index is 10.5. The number of rotatable bonds is 1. The summed E-state index contributed by atoms with van der Waals surface area (Å²) in [5.74, 6) is 0.526. The minimum Gasteiger partial charge on any atom is -0.274 e. The van der Waals surface area contributed by atoms with Gasteiger partial charge in [-0.25, -0.2) is 4.68 Å². The molecular formula is C5H8N4O. The van der Waals surface area contributed by atoms with Gasteiger partial charge in [-0.15, -0.1) is 10.2 Å². The first kappa shape index (κ1) is 6.73. The van der Waals surface area contributed by atoms with E-state index in [1.807, 2.05) is 0 Å². The second-order valence-electron chi connectivity index (χ2n) is 1.92. The number of carbonyl (C=O) groups is 1. The van der Waals surface area contributed by atoms with Gasteiger partial charge in [0.25, 0.3) is 0 Å². The largest absolute Gasteiger partial charge is 0.274 e. The van der Waals surface area contributed by atoms with E-state index in [1.54, 1.807) is 6.92 Å². The summed E-state index contributed by atoms with van der Waals surface area (Å²) >= 11 is 0. The smallest absolute Gasteiger partial charge is 0.235 e. The van der Waals surface area contributed by atoms with Gasteiger partial charge in [-0.05, 0) is 6.92 Å². The normalized spacial score (nSPS) is 9.40. The van der Waals surface area contributed by atoms with Crippen molar-refractivity contribution in [3.8, 4) is 0 Å². The van der Waals surface area contributed by atoms with Crippen LogP contribution in [0.3, 0.4) is 0 Å². The Kier molecular flexibility index (Phi) is 1.66. The van der Waals surface area contributed by atoms with Crippen molar-refractivity contribution < 1.29 is 4.79 Å². The van der Waals surface area contributed by atoms with Crippen LogP contribution in [-0.4, -0.2) is 20.8 Å². The molecule has 0 aliphatic rings. The zero-order valence-corrected chi connectivity index (χ0v) is 5.83. The third-order valence-corrected chi connectivity index (χ3v) is 0.996. The molecule has 10 heavy (non-hydrogen) atoms. The molecule has 0 aromatic carbocycles. The molecule has 0 aliphatic carbocycles. The lowest BCUT2D eigenvalue weighted by atomic mass is 10.7. The standard InChI is InChI=1S/C5H8N4O/c1-4-7-6-3-9(4)8-5(2)10/h3H,1-2H3,(H,8,10). The topological polar surface area (TPSA) is 59.8 Å². The van der Waals surface area contributed by atoms with Crippen molar-refractivity contribution in [2.75, 3.05) is 5.43 Å². The third kappa shape index (κ3) is 1.31. The molecule has 1 aromatic rings. The fraction of sp³-hybridized carbons (Fsp3) is 0.400. The molecule has 0 bridgehead atoms. The summed E-state index contributed by atoms with van der Waals surface area (Å²) in [6, 6.07) is 0. The van der Waals surface area contributed by atoms with Gasteiger partial charge in [0.1, 0.15) is 12.2 Å². The van der Waals surface area contributed by atoms with Gasteiger partial charge < -0.3 is 0 Å². The average Bonchev–Trinajstić information content (AvgIpc) is 2.15. The predicted octanol–water partition coefficient (Wildman–Crippen LogP) is -0.323. The van der Waals surface area contributed by atoms with Gasteiger partial charge in [0, 0.05) is 6.92 Å². The Labute approximate surface area is 58.0 Å². The van der Waals surface area contributed by atoms with E-state index in [0.717, 1.165) is 0 Å². The van der Waals surface area contributed by atoms with Gasteiger partial charge in [-0.3, -0.25) is 10.2 Å². The summed E-state index contributed by atoms with van der Waals surface area (Å²) in [7, 11) is 0. The number of aromatic nitrogens is 3. The fourth-order valence-electron chi connectivity index (χ4n) is 0.572. The van der Waals surface area contributed by atoms with E-state index in [-0.39, 0.29) is 5.91 Å². The molecule has 0 saturated carbocycles. The predicted molar refractivity (Wildman–Crippen MR) is 34.8 cm³/mol. The number of amides is 1. The number of nitrogens with one attached hydrogen (secondary N) is 1. The van der Waals surface area contributed by atoms with Crippen LogP contribution in [0.2, 0.25) is 0 Å². The minimum atomic E-state index is -0.136. The van der Waals surface area contributed by atoms with Gasteiger partial charge in [0.05, 0.1) is 0 Å². The van der Waals surface area contributed by atoms with Gasteiger partial charge in [-0.2, -0.15) is 0 Å². The van der Waals surface area contributed by atoms with Crippen molar-refractivity contribution in [2.45, 2.75) is 13.8 Å². The number of nitrogens with zero attached hydrogens (tertiary/aromatic N) is 3. The lowest BCUT2D eigenvalue weighted by Crippen LogP contribution is -2.19. The highest BCUT2D eigenvalue weighted by Crippen LogP contribution is 1.85. The van der Waals surface area contributed by atoms with Crippen molar-refractivity contribution in [1.29, 1.82) is 0 Å². The van der Waals surface area contributed by atoms with Crippen molar-refractivity contribution in [2.24, 2.45) is 0 Å². The second-order valence-corrected chi connectivity index (χ2v) is 1.92. The Morgan fingerprint density at radius 2 is 2.50 bits per heavy atom. The first-order valence-corrected chi connectivity index (χ1v) is 2.84. The summed E-state index contributed by atoms with van der Waals surface area (Å²) in [5.41, 5.74) is 2.51. The minimum absolute atomic E-state index is 0.136. The molecule has 1 rings (SSSR count). The van der Waals surface area contributed by atoms with E-state index in [4.69, 9.17) is 0 Å². The highest BCUT2D eigenvalue weighted by molar-refractivity contribution is 5.80. The molecule has 54 valence electrons. The van der Waals surface area contributed by atoms with Gasteiger partial charge in [-0.1, -0.05) is 0 Å². The first-order valence-electron chi connectivity index (χ1n) is 2.84. The summed E-state index contributed by atoms with van der Waals surface area (Å²) in [5, 5.41) is 7.24. The third-order valence-electron chi connectivity index (χ3n) is 0.996. The van der Waals surface area contributed by atoms with E-state index in [9.17, 15) is 4.79 Å². The molecule has 5 nitrogen and oxygen atoms in total. The van der Waals surface area contributed by atoms with Crippen LogP contribution >= 0.6 is 0 Å². The summed E-state index contributed by atoms with van der Waals surface area (Å²) in [6.45, 7) is 3.18. The molecule has 0 fully saturated rings. The van der Waals surface area contributed by atoms with Crippen LogP contribution in [0.1, 0.15) is 12.7 Å². The van der Waals surface area contributed by atoms with E-state index >= 15 is 0 Å². The van der Waals surface area contributed by atoms with Crippen LogP contribution in [0.15, 0.2) is 6.33 Å². The number of carbonyl (C=O) groups excluding carboxylic acids is 1. The van der Waals surface area contributed by atoms with Gasteiger partial charge in [0.15, 0.2) is 0 Å². The maximum absolute atomic E-state index is 10.5. The zero-order chi connectivity index (χ0) is 7.56. The van der Waals surface area contributed by atoms with Crippen LogP contribution in [0.25, 0.3) is 0 Å². The lowest BCUT2D eigenvalue weighted by molar-refractivity contribution is -0.115. The Hall–Kier alpha value is -1.39. The van der Waals surface area contributed by atoms with Crippen LogP contribution in [0.4, 0.5) is 0 Å². The molecule has 0 unspecified atom stereocenters. The summed E-state index contributed by atoms with van der Waals surface area (Å²) in [4.78, 5) is 10.5. The SMILES string of the molecule is CC(=O)Nn1cnnc1C. The highest BCUT2D eigenvalue weighted by Gasteiger charge is 1.96. The number of hydrogen-bond donors (Lipinski definition) is 1. The Morgan fingerprint density at radius 1 is 1.80 bits per heavy atom. The van der Waals surface area contributed by atoms with Gasteiger partial charge in [0.2, 0.25) is 5.91 Å². The number of aryl methyl sites for hydroxylation is 1. The van der Waals surface area contributed by atoms with Crippen molar-refractivity contribution in [1.82, 2.24) is 14.9 Å². The average molecular weight is 140 g/mol. The quantitative estimate of drug-likeness (QED) is 0.581. The molecule has 1 heterocycles. The molecule has 0 spiro atoms. The van der Waals surface area contributed by atoms with Crippen molar-refractivity contribution in [3.63, 3.8) is 0 Å². The van der Waals surface area contributed by atoms with Gasteiger partial charge >= 0.3 is 0 Å². The fourth-order valence-corrected chi connectivity index (χ4v) is 0.572. The first-order chi connectivity index (χ1) is 4.70. The lowest BCUT2D eigenvalue weighted by Gasteiger charge is -2.00. The van der Waals surface area contributed by atoms with E-state index in [2.05, 4.69) is 15.6 Å². The van der Waals surface area contributed by atoms with Crippen LogP contribution in [0, 0.1) is 6.92 Å².